The van der Waals surface area contributed by atoms with Gasteiger partial charge in [0, 0.05) is 54.5 Å². The van der Waals surface area contributed by atoms with E-state index >= 15 is 0 Å². The monoisotopic (exact) mass is 775 g/mol. The summed E-state index contributed by atoms with van der Waals surface area (Å²) in [4.78, 5) is 42.0. The van der Waals surface area contributed by atoms with E-state index in [0.717, 1.165) is 68.5 Å². The number of nitrogens with zero attached hydrogens (tertiary/aromatic N) is 5. The number of carboxylic acids is 2. The Bertz CT molecular complexity index is 2520. The predicted molar refractivity (Wildman–Crippen MR) is 210 cm³/mol. The van der Waals surface area contributed by atoms with E-state index in [1.54, 1.807) is 24.1 Å². The van der Waals surface area contributed by atoms with Gasteiger partial charge in [0.2, 0.25) is 5.89 Å². The van der Waals surface area contributed by atoms with Crippen molar-refractivity contribution in [3.8, 4) is 28.3 Å². The lowest BCUT2D eigenvalue weighted by Gasteiger charge is -2.31. The number of carbonyl (C=O) groups is 2. The van der Waals surface area contributed by atoms with Gasteiger partial charge in [-0.25, -0.2) is 4.98 Å². The Labute approximate surface area is 327 Å². The quantitative estimate of drug-likeness (QED) is 0.124. The molecule has 2 aliphatic heterocycles. The number of pyridine rings is 2. The molecule has 0 unspecified atom stereocenters. The molecule has 57 heavy (non-hydrogen) atoms. The highest BCUT2D eigenvalue weighted by atomic mass is 19.3. The van der Waals surface area contributed by atoms with Gasteiger partial charge in [0.15, 0.2) is 5.58 Å². The number of aliphatic carboxylic acids is 2. The van der Waals surface area contributed by atoms with Crippen LogP contribution < -0.4 is 4.74 Å². The molecule has 0 bridgehead atoms. The Hall–Kier alpha value is -5.79. The molecule has 2 aliphatic rings. The van der Waals surface area contributed by atoms with E-state index in [4.69, 9.17) is 24.1 Å². The number of alkyl halides is 2. The molecule has 0 amide bonds. The first-order valence-electron chi connectivity index (χ1n) is 19.1. The molecule has 5 heterocycles. The number of likely N-dealkylation sites (tertiary alicyclic amines) is 2. The molecule has 2 saturated heterocycles. The maximum atomic E-state index is 13.5. The first-order valence-corrected chi connectivity index (χ1v) is 19.1. The van der Waals surface area contributed by atoms with Crippen LogP contribution in [0, 0.1) is 13.8 Å². The summed E-state index contributed by atoms with van der Waals surface area (Å²) in [6, 6.07) is 18.5. The van der Waals surface area contributed by atoms with Crippen LogP contribution in [-0.2, 0) is 29.1 Å². The zero-order valence-corrected chi connectivity index (χ0v) is 32.0. The van der Waals surface area contributed by atoms with Crippen LogP contribution in [0.2, 0.25) is 0 Å². The third-order valence-corrected chi connectivity index (χ3v) is 11.8. The van der Waals surface area contributed by atoms with Gasteiger partial charge in [0.05, 0.1) is 11.2 Å². The summed E-state index contributed by atoms with van der Waals surface area (Å²) in [5, 5.41) is 20.5. The SMILES string of the molecule is Cc1c(Cc2nccc3cc(CN4CCC[C@@]4(C)C(=O)O)cnc23)cccc1-c1cccc(-c2nc3cc(CN4CCC[C@H]4C(=O)O)c(OC(F)F)cc3o2)c1C. The topological polar surface area (TPSA) is 142 Å². The van der Waals surface area contributed by atoms with Crippen LogP contribution in [0.4, 0.5) is 8.78 Å². The molecule has 6 aromatic rings. The van der Waals surface area contributed by atoms with Crippen molar-refractivity contribution in [1.29, 1.82) is 0 Å². The smallest absolute Gasteiger partial charge is 0.387 e. The molecule has 2 atom stereocenters. The molecule has 0 saturated carbocycles. The summed E-state index contributed by atoms with van der Waals surface area (Å²) >= 11 is 0. The van der Waals surface area contributed by atoms with Gasteiger partial charge in [-0.1, -0.05) is 30.3 Å². The number of carboxylic acid groups (broad SMARTS) is 2. The summed E-state index contributed by atoms with van der Waals surface area (Å²) in [6.45, 7) is 4.70. The van der Waals surface area contributed by atoms with E-state index < -0.39 is 30.1 Å². The summed E-state index contributed by atoms with van der Waals surface area (Å²) in [6.07, 6.45) is 6.82. The fourth-order valence-corrected chi connectivity index (χ4v) is 8.58. The van der Waals surface area contributed by atoms with Crippen molar-refractivity contribution in [1.82, 2.24) is 24.8 Å². The first kappa shape index (κ1) is 38.1. The van der Waals surface area contributed by atoms with Gasteiger partial charge in [0.1, 0.15) is 22.8 Å². The minimum Gasteiger partial charge on any atom is -0.480 e. The van der Waals surface area contributed by atoms with Gasteiger partial charge in [0.25, 0.3) is 0 Å². The Balaban J connectivity index is 1.07. The van der Waals surface area contributed by atoms with Crippen LogP contribution in [0.3, 0.4) is 0 Å². The standard InChI is InChI=1S/C44H43F2N5O6/c1-25-28(19-35-39-29(13-15-47-35)18-27(22-48-39)23-51-17-7-14-44(51,3)42(54)55)8-4-9-31(25)32-10-5-11-33(26(32)2)40-49-34-20-30(24-50-16-6-12-36(50)41(52)53)37(57-43(45)46)21-38(34)56-40/h4-5,8-11,13,15,18,20-22,36,43H,6-7,12,14,16-17,19,23-24H2,1-3H3,(H,52,53)(H,54,55)/t36-,44-/m0/s1. The van der Waals surface area contributed by atoms with Crippen LogP contribution in [0.25, 0.3) is 44.6 Å². The van der Waals surface area contributed by atoms with E-state index in [1.807, 2.05) is 48.4 Å². The molecular formula is C44H43F2N5O6. The van der Waals surface area contributed by atoms with E-state index in [-0.39, 0.29) is 17.9 Å². The van der Waals surface area contributed by atoms with Crippen LogP contribution >= 0.6 is 0 Å². The lowest BCUT2D eigenvalue weighted by atomic mass is 9.90. The number of hydrogen-bond acceptors (Lipinski definition) is 9. The van der Waals surface area contributed by atoms with Crippen molar-refractivity contribution < 1.29 is 37.7 Å². The molecule has 0 aliphatic carbocycles. The number of aromatic nitrogens is 3. The predicted octanol–water partition coefficient (Wildman–Crippen LogP) is 8.40. The molecule has 2 fully saturated rings. The van der Waals surface area contributed by atoms with Crippen molar-refractivity contribution in [3.63, 3.8) is 0 Å². The Kier molecular flexibility index (Phi) is 10.2. The molecule has 294 valence electrons. The zero-order chi connectivity index (χ0) is 40.0. The highest BCUT2D eigenvalue weighted by molar-refractivity contribution is 5.84. The Morgan fingerprint density at radius 1 is 0.947 bits per heavy atom. The van der Waals surface area contributed by atoms with E-state index in [2.05, 4.69) is 25.1 Å². The van der Waals surface area contributed by atoms with Crippen LogP contribution in [0.1, 0.15) is 66.1 Å². The van der Waals surface area contributed by atoms with Gasteiger partial charge in [-0.3, -0.25) is 29.4 Å². The molecule has 2 N–H and O–H groups in total. The summed E-state index contributed by atoms with van der Waals surface area (Å²) in [5.74, 6) is -1.49. The molecule has 0 spiro atoms. The Morgan fingerprint density at radius 3 is 2.49 bits per heavy atom. The molecule has 11 nitrogen and oxygen atoms in total. The Morgan fingerprint density at radius 2 is 1.72 bits per heavy atom. The largest absolute Gasteiger partial charge is 0.480 e. The number of ether oxygens (including phenoxy) is 1. The van der Waals surface area contributed by atoms with Crippen molar-refractivity contribution in [2.45, 2.75) is 84.2 Å². The normalized spacial score (nSPS) is 18.9. The van der Waals surface area contributed by atoms with Crippen molar-refractivity contribution in [2.75, 3.05) is 13.1 Å². The van der Waals surface area contributed by atoms with Gasteiger partial charge in [-0.05, 0) is 117 Å². The zero-order valence-electron chi connectivity index (χ0n) is 32.0. The highest BCUT2D eigenvalue weighted by Gasteiger charge is 2.43. The second kappa shape index (κ2) is 15.3. The third-order valence-electron chi connectivity index (χ3n) is 11.8. The number of benzene rings is 3. The van der Waals surface area contributed by atoms with Crippen molar-refractivity contribution in [2.24, 2.45) is 0 Å². The van der Waals surface area contributed by atoms with E-state index in [0.29, 0.717) is 55.7 Å². The maximum Gasteiger partial charge on any atom is 0.387 e. The fourth-order valence-electron chi connectivity index (χ4n) is 8.58. The molecule has 3 aromatic heterocycles. The molecule has 13 heteroatoms. The van der Waals surface area contributed by atoms with Gasteiger partial charge in [-0.2, -0.15) is 8.78 Å². The van der Waals surface area contributed by atoms with E-state index in [9.17, 15) is 28.6 Å². The second-order valence-corrected chi connectivity index (χ2v) is 15.3. The molecule has 8 rings (SSSR count). The van der Waals surface area contributed by atoms with Crippen molar-refractivity contribution >= 4 is 33.9 Å². The lowest BCUT2D eigenvalue weighted by Crippen LogP contribution is -2.47. The average Bonchev–Trinajstić information content (AvgIpc) is 3.92. The number of fused-ring (bicyclic) bond motifs is 2. The van der Waals surface area contributed by atoms with Crippen LogP contribution in [0.15, 0.2) is 77.5 Å². The lowest BCUT2D eigenvalue weighted by molar-refractivity contribution is -0.149. The number of rotatable bonds is 12. The highest BCUT2D eigenvalue weighted by Crippen LogP contribution is 2.38. The minimum atomic E-state index is -3.07. The third kappa shape index (κ3) is 7.33. The summed E-state index contributed by atoms with van der Waals surface area (Å²) in [5.41, 5.74) is 8.69. The molecule has 3 aromatic carbocycles. The van der Waals surface area contributed by atoms with Gasteiger partial charge < -0.3 is 19.4 Å². The average molecular weight is 776 g/mol. The van der Waals surface area contributed by atoms with Crippen molar-refractivity contribution in [3.05, 3.63) is 107 Å². The van der Waals surface area contributed by atoms with Crippen LogP contribution in [0.5, 0.6) is 5.75 Å². The minimum absolute atomic E-state index is 0.0733. The second-order valence-electron chi connectivity index (χ2n) is 15.3. The molecule has 0 radical (unpaired) electrons. The maximum absolute atomic E-state index is 13.5. The number of halogens is 2. The first-order chi connectivity index (χ1) is 27.4. The molecular weight excluding hydrogens is 733 g/mol. The fraction of sp³-hybridized carbons (Fsp3) is 0.341. The number of oxazole rings is 1. The summed E-state index contributed by atoms with van der Waals surface area (Å²) < 4.78 is 38.1. The summed E-state index contributed by atoms with van der Waals surface area (Å²) in [7, 11) is 0. The van der Waals surface area contributed by atoms with Gasteiger partial charge in [-0.15, -0.1) is 0 Å². The van der Waals surface area contributed by atoms with Crippen LogP contribution in [-0.4, -0.2) is 78.2 Å². The number of hydrogen-bond donors (Lipinski definition) is 2. The van der Waals surface area contributed by atoms with Gasteiger partial charge >= 0.3 is 18.6 Å². The van der Waals surface area contributed by atoms with E-state index in [1.165, 1.54) is 6.07 Å².